The largest absolute Gasteiger partial charge is 0.495 e. The van der Waals surface area contributed by atoms with Gasteiger partial charge in [-0.1, -0.05) is 11.6 Å². The molecule has 0 radical (unpaired) electrons. The topological polar surface area (TPSA) is 91.4 Å². The number of likely N-dealkylation sites (N-methyl/N-ethyl adjacent to an activating group) is 1. The number of halogens is 2. The number of hydrogen-bond donors (Lipinski definition) is 3. The van der Waals surface area contributed by atoms with Crippen molar-refractivity contribution in [1.82, 2.24) is 14.9 Å². The summed E-state index contributed by atoms with van der Waals surface area (Å²) in [5.74, 6) is 1.22. The lowest BCUT2D eigenvalue weighted by molar-refractivity contribution is -0.113. The number of nitrogens with one attached hydrogen (secondary N) is 3. The van der Waals surface area contributed by atoms with Crippen LogP contribution in [0.1, 0.15) is 16.7 Å². The average molecular weight is 501 g/mol. The molecule has 1 amide bonds. The average Bonchev–Trinajstić information content (AvgIpc) is 2.82. The number of methoxy groups -OCH3 is 1. The Labute approximate surface area is 208 Å². The molecule has 10 heteroatoms. The number of ether oxygens (including phenoxy) is 1. The predicted molar refractivity (Wildman–Crippen MR) is 137 cm³/mol. The van der Waals surface area contributed by atoms with Gasteiger partial charge in [0.15, 0.2) is 5.82 Å². The Hall–Kier alpha value is -3.07. The molecule has 1 aliphatic rings. The Bertz CT molecular complexity index is 1220. The zero-order valence-electron chi connectivity index (χ0n) is 19.2. The summed E-state index contributed by atoms with van der Waals surface area (Å²) in [5, 5.41) is 9.62. The van der Waals surface area contributed by atoms with Crippen LogP contribution in [0.3, 0.4) is 0 Å². The van der Waals surface area contributed by atoms with Gasteiger partial charge in [0.2, 0.25) is 11.9 Å². The molecule has 2 aromatic carbocycles. The summed E-state index contributed by atoms with van der Waals surface area (Å²) in [7, 11) is 3.76. The number of nitrogens with zero attached hydrogens (tertiary/aromatic N) is 3. The lowest BCUT2D eigenvalue weighted by Gasteiger charge is -2.26. The number of amides is 1. The minimum absolute atomic E-state index is 0.100. The number of anilines is 5. The minimum Gasteiger partial charge on any atom is -0.495 e. The second-order valence-corrected chi connectivity index (χ2v) is 8.84. The first-order valence-electron chi connectivity index (χ1n) is 10.8. The normalized spacial score (nSPS) is 13.2. The van der Waals surface area contributed by atoms with Gasteiger partial charge >= 0.3 is 0 Å². The molecule has 0 atom stereocenters. The first kappa shape index (κ1) is 24.1. The number of benzene rings is 2. The molecule has 0 saturated heterocycles. The van der Waals surface area contributed by atoms with Gasteiger partial charge in [0.25, 0.3) is 0 Å². The fourth-order valence-electron chi connectivity index (χ4n) is 3.83. The number of aromatic nitrogens is 2. The smallest absolute Gasteiger partial charge is 0.239 e. The number of fused-ring (bicyclic) bond motifs is 1. The van der Waals surface area contributed by atoms with Crippen LogP contribution in [0.5, 0.6) is 5.75 Å². The van der Waals surface area contributed by atoms with E-state index < -0.39 is 0 Å². The fourth-order valence-corrected chi connectivity index (χ4v) is 4.04. The molecule has 1 aromatic heterocycles. The van der Waals surface area contributed by atoms with Crippen LogP contribution < -0.4 is 20.7 Å². The highest BCUT2D eigenvalue weighted by Crippen LogP contribution is 2.34. The van der Waals surface area contributed by atoms with Gasteiger partial charge in [-0.15, -0.1) is 11.6 Å². The summed E-state index contributed by atoms with van der Waals surface area (Å²) in [6.45, 7) is 3.82. The van der Waals surface area contributed by atoms with E-state index in [0.29, 0.717) is 22.5 Å². The van der Waals surface area contributed by atoms with Crippen molar-refractivity contribution in [3.05, 3.63) is 58.2 Å². The third-order valence-electron chi connectivity index (χ3n) is 5.60. The van der Waals surface area contributed by atoms with Crippen LogP contribution >= 0.6 is 23.2 Å². The van der Waals surface area contributed by atoms with Gasteiger partial charge in [-0.3, -0.25) is 4.79 Å². The minimum atomic E-state index is -0.263. The van der Waals surface area contributed by atoms with E-state index in [1.165, 1.54) is 11.1 Å². The molecule has 1 aliphatic heterocycles. The monoisotopic (exact) mass is 500 g/mol. The van der Waals surface area contributed by atoms with Crippen LogP contribution in [0.25, 0.3) is 0 Å². The first-order valence-corrected chi connectivity index (χ1v) is 11.7. The molecular formula is C24H26Cl2N6O2. The van der Waals surface area contributed by atoms with Crippen molar-refractivity contribution in [2.75, 3.05) is 42.5 Å². The Balaban J connectivity index is 1.56. The van der Waals surface area contributed by atoms with Crippen molar-refractivity contribution >= 4 is 57.9 Å². The number of hydrogen-bond acceptors (Lipinski definition) is 7. The molecule has 4 rings (SSSR count). The summed E-state index contributed by atoms with van der Waals surface area (Å²) in [6.07, 6.45) is 2.53. The van der Waals surface area contributed by atoms with Gasteiger partial charge in [-0.05, 0) is 67.4 Å². The molecule has 8 nitrogen and oxygen atoms in total. The highest BCUT2D eigenvalue weighted by molar-refractivity contribution is 6.33. The van der Waals surface area contributed by atoms with E-state index in [1.807, 2.05) is 19.1 Å². The number of alkyl halides is 1. The van der Waals surface area contributed by atoms with Gasteiger partial charge in [0.05, 0.1) is 19.0 Å². The van der Waals surface area contributed by atoms with E-state index in [4.69, 9.17) is 27.9 Å². The summed E-state index contributed by atoms with van der Waals surface area (Å²) >= 11 is 11.9. The second-order valence-electron chi connectivity index (χ2n) is 8.16. The third-order valence-corrected chi connectivity index (χ3v) is 6.12. The molecule has 0 fully saturated rings. The number of carbonyl (C=O) groups excluding carboxylic acids is 1. The van der Waals surface area contributed by atoms with Gasteiger partial charge in [-0.2, -0.15) is 4.98 Å². The molecule has 0 bridgehead atoms. The van der Waals surface area contributed by atoms with Crippen LogP contribution in [0.2, 0.25) is 5.02 Å². The summed E-state index contributed by atoms with van der Waals surface area (Å²) in [4.78, 5) is 22.7. The maximum atomic E-state index is 11.5. The van der Waals surface area contributed by atoms with Crippen LogP contribution in [-0.2, 0) is 17.8 Å². The molecule has 3 aromatic rings. The van der Waals surface area contributed by atoms with E-state index >= 15 is 0 Å². The second kappa shape index (κ2) is 10.5. The molecule has 3 N–H and O–H groups in total. The van der Waals surface area contributed by atoms with Crippen molar-refractivity contribution in [3.8, 4) is 5.75 Å². The van der Waals surface area contributed by atoms with Gasteiger partial charge < -0.3 is 25.6 Å². The predicted octanol–water partition coefficient (Wildman–Crippen LogP) is 5.10. The fraction of sp³-hybridized carbons (Fsp3) is 0.292. The number of carbonyl (C=O) groups is 1. The molecule has 0 saturated carbocycles. The van der Waals surface area contributed by atoms with E-state index in [2.05, 4.69) is 50.0 Å². The Morgan fingerprint density at radius 3 is 2.74 bits per heavy atom. The van der Waals surface area contributed by atoms with E-state index in [0.717, 1.165) is 42.2 Å². The molecule has 0 spiro atoms. The van der Waals surface area contributed by atoms with Crippen LogP contribution in [-0.4, -0.2) is 47.4 Å². The zero-order chi connectivity index (χ0) is 24.2. The molecule has 178 valence electrons. The standard InChI is InChI=1S/C24H26Cl2N6O2/c1-14-8-17(28-22(33)11-25)4-5-19(14)29-23-18(26)12-27-24(31-23)30-20-9-16-13-32(2)7-6-15(16)10-21(20)34-3/h4-5,8-10,12H,6-7,11,13H2,1-3H3,(H,28,33)(H2,27,29,30,31). The van der Waals surface area contributed by atoms with E-state index in [-0.39, 0.29) is 11.8 Å². The van der Waals surface area contributed by atoms with Crippen LogP contribution in [0.15, 0.2) is 36.5 Å². The van der Waals surface area contributed by atoms with Crippen molar-refractivity contribution in [1.29, 1.82) is 0 Å². The van der Waals surface area contributed by atoms with Crippen molar-refractivity contribution < 1.29 is 9.53 Å². The molecule has 0 unspecified atom stereocenters. The molecule has 34 heavy (non-hydrogen) atoms. The molecule has 0 aliphatic carbocycles. The van der Waals surface area contributed by atoms with E-state index in [9.17, 15) is 4.79 Å². The maximum absolute atomic E-state index is 11.5. The Morgan fingerprint density at radius 2 is 2.00 bits per heavy atom. The number of rotatable bonds is 7. The summed E-state index contributed by atoms with van der Waals surface area (Å²) in [6, 6.07) is 9.63. The highest BCUT2D eigenvalue weighted by Gasteiger charge is 2.18. The SMILES string of the molecule is COc1cc2c(cc1Nc1ncc(Cl)c(Nc3ccc(NC(=O)CCl)cc3C)n1)CN(C)CC2. The van der Waals surface area contributed by atoms with E-state index in [1.54, 1.807) is 19.4 Å². The third kappa shape index (κ3) is 5.52. The molecule has 2 heterocycles. The highest BCUT2D eigenvalue weighted by atomic mass is 35.5. The maximum Gasteiger partial charge on any atom is 0.239 e. The first-order chi connectivity index (χ1) is 16.4. The lowest BCUT2D eigenvalue weighted by Crippen LogP contribution is -2.26. The summed E-state index contributed by atoms with van der Waals surface area (Å²) in [5.41, 5.74) is 5.69. The van der Waals surface area contributed by atoms with Crippen molar-refractivity contribution in [2.45, 2.75) is 19.9 Å². The van der Waals surface area contributed by atoms with Crippen molar-refractivity contribution in [2.24, 2.45) is 0 Å². The van der Waals surface area contributed by atoms with Gasteiger partial charge in [0.1, 0.15) is 16.7 Å². The lowest BCUT2D eigenvalue weighted by atomic mass is 9.99. The molecular weight excluding hydrogens is 475 g/mol. The van der Waals surface area contributed by atoms with Crippen LogP contribution in [0, 0.1) is 6.92 Å². The van der Waals surface area contributed by atoms with Crippen LogP contribution in [0.4, 0.5) is 28.8 Å². The number of aryl methyl sites for hydroxylation is 1. The Kier molecular flexibility index (Phi) is 7.41. The van der Waals surface area contributed by atoms with Gasteiger partial charge in [-0.25, -0.2) is 4.98 Å². The van der Waals surface area contributed by atoms with Gasteiger partial charge in [0, 0.05) is 24.5 Å². The quantitative estimate of drug-likeness (QED) is 0.388. The van der Waals surface area contributed by atoms with Crippen molar-refractivity contribution in [3.63, 3.8) is 0 Å². The Morgan fingerprint density at radius 1 is 1.18 bits per heavy atom. The summed E-state index contributed by atoms with van der Waals surface area (Å²) < 4.78 is 5.61. The zero-order valence-corrected chi connectivity index (χ0v) is 20.7.